The molecule has 1 fully saturated rings. The van der Waals surface area contributed by atoms with Gasteiger partial charge in [-0.3, -0.25) is 4.90 Å². The van der Waals surface area contributed by atoms with Gasteiger partial charge in [0.2, 0.25) is 0 Å². The summed E-state index contributed by atoms with van der Waals surface area (Å²) in [5.74, 6) is 0. The van der Waals surface area contributed by atoms with Gasteiger partial charge < -0.3 is 5.73 Å². The normalized spacial score (nSPS) is 25.9. The predicted molar refractivity (Wildman–Crippen MR) is 71.6 cm³/mol. The number of rotatable bonds is 4. The largest absolute Gasteiger partial charge is 0.328 e. The molecule has 0 aromatic carbocycles. The Morgan fingerprint density at radius 2 is 1.56 bits per heavy atom. The van der Waals surface area contributed by atoms with E-state index in [0.717, 1.165) is 12.8 Å². The highest BCUT2D eigenvalue weighted by Crippen LogP contribution is 2.37. The fourth-order valence-corrected chi connectivity index (χ4v) is 3.52. The maximum absolute atomic E-state index is 6.18. The fourth-order valence-electron chi connectivity index (χ4n) is 3.52. The molecule has 1 aliphatic heterocycles. The van der Waals surface area contributed by atoms with Gasteiger partial charge in [-0.05, 0) is 53.5 Å². The van der Waals surface area contributed by atoms with Gasteiger partial charge in [0, 0.05) is 17.1 Å². The first-order valence-electron chi connectivity index (χ1n) is 6.83. The monoisotopic (exact) mass is 226 g/mol. The van der Waals surface area contributed by atoms with Gasteiger partial charge in [-0.15, -0.1) is 0 Å². The van der Waals surface area contributed by atoms with E-state index >= 15 is 0 Å². The second-order valence-corrected chi connectivity index (χ2v) is 6.65. The molecule has 0 saturated carbocycles. The van der Waals surface area contributed by atoms with Gasteiger partial charge in [0.25, 0.3) is 0 Å². The molecule has 0 aromatic rings. The van der Waals surface area contributed by atoms with Crippen molar-refractivity contribution in [3.8, 4) is 0 Å². The first-order chi connectivity index (χ1) is 7.29. The van der Waals surface area contributed by atoms with Crippen LogP contribution in [0.25, 0.3) is 0 Å². The molecule has 1 rings (SSSR count). The van der Waals surface area contributed by atoms with Gasteiger partial charge in [0.1, 0.15) is 0 Å². The topological polar surface area (TPSA) is 29.3 Å². The van der Waals surface area contributed by atoms with Crippen molar-refractivity contribution in [1.29, 1.82) is 0 Å². The summed E-state index contributed by atoms with van der Waals surface area (Å²) in [6.07, 6.45) is 6.21. The van der Waals surface area contributed by atoms with Crippen molar-refractivity contribution in [3.05, 3.63) is 0 Å². The molecular weight excluding hydrogens is 196 g/mol. The lowest BCUT2D eigenvalue weighted by atomic mass is 9.77. The number of hydrogen-bond acceptors (Lipinski definition) is 2. The number of unbranched alkanes of at least 4 members (excludes halogenated alkanes) is 2. The lowest BCUT2D eigenvalue weighted by molar-refractivity contribution is -0.0354. The first-order valence-corrected chi connectivity index (χ1v) is 6.83. The summed E-state index contributed by atoms with van der Waals surface area (Å²) >= 11 is 0. The molecule has 0 spiro atoms. The standard InChI is InChI=1S/C14H30N2/c1-6-7-8-9-16-13(2,3)10-12(15)11-14(16,4)5/h12H,6-11,15H2,1-5H3. The Balaban J connectivity index is 2.68. The number of hydrogen-bond donors (Lipinski definition) is 1. The van der Waals surface area contributed by atoms with Crippen molar-refractivity contribution >= 4 is 0 Å². The predicted octanol–water partition coefficient (Wildman–Crippen LogP) is 3.16. The lowest BCUT2D eigenvalue weighted by Gasteiger charge is -2.55. The molecule has 0 amide bonds. The van der Waals surface area contributed by atoms with Crippen molar-refractivity contribution in [2.45, 2.75) is 83.8 Å². The van der Waals surface area contributed by atoms with Crippen LogP contribution in [0, 0.1) is 0 Å². The Morgan fingerprint density at radius 3 is 2.00 bits per heavy atom. The van der Waals surface area contributed by atoms with Crippen LogP contribution in [0.15, 0.2) is 0 Å². The van der Waals surface area contributed by atoms with E-state index in [1.807, 2.05) is 0 Å². The zero-order valence-corrected chi connectivity index (χ0v) is 11.8. The SMILES string of the molecule is CCCCCN1C(C)(C)CC(N)CC1(C)C. The third kappa shape index (κ3) is 3.21. The quantitative estimate of drug-likeness (QED) is 0.746. The van der Waals surface area contributed by atoms with E-state index in [1.54, 1.807) is 0 Å². The smallest absolute Gasteiger partial charge is 0.0173 e. The van der Waals surface area contributed by atoms with Gasteiger partial charge >= 0.3 is 0 Å². The molecule has 2 heteroatoms. The summed E-state index contributed by atoms with van der Waals surface area (Å²) in [6.45, 7) is 12.9. The Hall–Kier alpha value is -0.0800. The van der Waals surface area contributed by atoms with Crippen LogP contribution in [-0.2, 0) is 0 Å². The molecule has 1 saturated heterocycles. The third-order valence-electron chi connectivity index (χ3n) is 3.97. The molecule has 0 atom stereocenters. The Kier molecular flexibility index (Phi) is 4.42. The summed E-state index contributed by atoms with van der Waals surface area (Å²) in [5, 5.41) is 0. The third-order valence-corrected chi connectivity index (χ3v) is 3.97. The van der Waals surface area contributed by atoms with Crippen LogP contribution in [0.3, 0.4) is 0 Å². The zero-order chi connectivity index (χ0) is 12.4. The molecule has 2 N–H and O–H groups in total. The van der Waals surface area contributed by atoms with E-state index in [1.165, 1.54) is 25.8 Å². The second kappa shape index (κ2) is 5.05. The van der Waals surface area contributed by atoms with Crippen molar-refractivity contribution in [2.24, 2.45) is 5.73 Å². The summed E-state index contributed by atoms with van der Waals surface area (Å²) in [6, 6.07) is 0.368. The Morgan fingerprint density at radius 1 is 1.06 bits per heavy atom. The van der Waals surface area contributed by atoms with Crippen LogP contribution in [-0.4, -0.2) is 28.6 Å². The highest BCUT2D eigenvalue weighted by Gasteiger charge is 2.43. The molecule has 2 nitrogen and oxygen atoms in total. The van der Waals surface area contributed by atoms with Crippen molar-refractivity contribution in [1.82, 2.24) is 4.90 Å². The van der Waals surface area contributed by atoms with Crippen LogP contribution in [0.4, 0.5) is 0 Å². The minimum absolute atomic E-state index is 0.259. The summed E-state index contributed by atoms with van der Waals surface area (Å²) in [5.41, 5.74) is 6.69. The molecule has 0 bridgehead atoms. The van der Waals surface area contributed by atoms with Crippen molar-refractivity contribution < 1.29 is 0 Å². The molecule has 0 aromatic heterocycles. The second-order valence-electron chi connectivity index (χ2n) is 6.65. The van der Waals surface area contributed by atoms with Gasteiger partial charge in [-0.25, -0.2) is 0 Å². The molecule has 1 heterocycles. The van der Waals surface area contributed by atoms with Crippen molar-refractivity contribution in [3.63, 3.8) is 0 Å². The number of piperidine rings is 1. The minimum Gasteiger partial charge on any atom is -0.328 e. The number of nitrogens with zero attached hydrogens (tertiary/aromatic N) is 1. The zero-order valence-electron chi connectivity index (χ0n) is 11.8. The van der Waals surface area contributed by atoms with Crippen molar-refractivity contribution in [2.75, 3.05) is 6.54 Å². The molecule has 0 unspecified atom stereocenters. The van der Waals surface area contributed by atoms with E-state index in [2.05, 4.69) is 39.5 Å². The van der Waals surface area contributed by atoms with E-state index in [4.69, 9.17) is 5.73 Å². The minimum atomic E-state index is 0.259. The average molecular weight is 226 g/mol. The summed E-state index contributed by atoms with van der Waals surface area (Å²) in [7, 11) is 0. The molecule has 16 heavy (non-hydrogen) atoms. The molecular formula is C14H30N2. The van der Waals surface area contributed by atoms with Gasteiger partial charge in [0.05, 0.1) is 0 Å². The van der Waals surface area contributed by atoms with Crippen LogP contribution >= 0.6 is 0 Å². The van der Waals surface area contributed by atoms with E-state index in [9.17, 15) is 0 Å². The number of likely N-dealkylation sites (tertiary alicyclic amines) is 1. The van der Waals surface area contributed by atoms with Gasteiger partial charge in [-0.1, -0.05) is 19.8 Å². The molecule has 0 radical (unpaired) electrons. The molecule has 96 valence electrons. The van der Waals surface area contributed by atoms with Crippen LogP contribution in [0.2, 0.25) is 0 Å². The average Bonchev–Trinajstić information content (AvgIpc) is 2.07. The van der Waals surface area contributed by atoms with Crippen LogP contribution < -0.4 is 5.73 Å². The fraction of sp³-hybridized carbons (Fsp3) is 1.00. The van der Waals surface area contributed by atoms with Gasteiger partial charge in [0.15, 0.2) is 0 Å². The number of nitrogens with two attached hydrogens (primary N) is 1. The van der Waals surface area contributed by atoms with Gasteiger partial charge in [-0.2, -0.15) is 0 Å². The summed E-state index contributed by atoms with van der Waals surface area (Å²) < 4.78 is 0. The maximum atomic E-state index is 6.18. The highest BCUT2D eigenvalue weighted by molar-refractivity contribution is 5.01. The lowest BCUT2D eigenvalue weighted by Crippen LogP contribution is -2.63. The molecule has 1 aliphatic rings. The Bertz CT molecular complexity index is 203. The summed E-state index contributed by atoms with van der Waals surface area (Å²) in [4.78, 5) is 2.68. The van der Waals surface area contributed by atoms with Crippen LogP contribution in [0.5, 0.6) is 0 Å². The van der Waals surface area contributed by atoms with Crippen LogP contribution in [0.1, 0.15) is 66.7 Å². The first kappa shape index (κ1) is 14.0. The maximum Gasteiger partial charge on any atom is 0.0173 e. The Labute approximate surface area is 102 Å². The van der Waals surface area contributed by atoms with E-state index in [0.29, 0.717) is 6.04 Å². The van der Waals surface area contributed by atoms with E-state index < -0.39 is 0 Å². The van der Waals surface area contributed by atoms with E-state index in [-0.39, 0.29) is 11.1 Å². The highest BCUT2D eigenvalue weighted by atomic mass is 15.3. The molecule has 0 aliphatic carbocycles.